The van der Waals surface area contributed by atoms with Crippen LogP contribution in [0.5, 0.6) is 0 Å². The van der Waals surface area contributed by atoms with Gasteiger partial charge >= 0.3 is 0 Å². The molecule has 1 aromatic heterocycles. The first-order chi connectivity index (χ1) is 12.0. The smallest absolute Gasteiger partial charge is 0.262 e. The van der Waals surface area contributed by atoms with Crippen LogP contribution in [0.4, 0.5) is 5.69 Å². The largest absolute Gasteiger partial charge is 0.371 e. The molecule has 0 amide bonds. The van der Waals surface area contributed by atoms with E-state index in [1.807, 2.05) is 49.5 Å². The van der Waals surface area contributed by atoms with Gasteiger partial charge in [-0.3, -0.25) is 9.36 Å². The predicted molar refractivity (Wildman–Crippen MR) is 105 cm³/mol. The van der Waals surface area contributed by atoms with Gasteiger partial charge in [0.2, 0.25) is 0 Å². The van der Waals surface area contributed by atoms with Crippen LogP contribution >= 0.6 is 11.6 Å². The second-order valence-electron chi connectivity index (χ2n) is 7.06. The van der Waals surface area contributed by atoms with Crippen molar-refractivity contribution in [2.24, 2.45) is 5.92 Å². The lowest BCUT2D eigenvalue weighted by Gasteiger charge is -2.19. The molecule has 0 N–H and O–H groups in total. The van der Waals surface area contributed by atoms with Gasteiger partial charge in [0.05, 0.1) is 10.7 Å². The number of nitrogens with zero attached hydrogens (tertiary/aromatic N) is 2. The van der Waals surface area contributed by atoms with E-state index in [-0.39, 0.29) is 5.56 Å². The SMILES string of the molecule is Cc1ccc2c(=O)n(-c3ccc(N4CCC(C)C4)cc3Cl)ccc2c1. The summed E-state index contributed by atoms with van der Waals surface area (Å²) in [4.78, 5) is 15.2. The summed E-state index contributed by atoms with van der Waals surface area (Å²) < 4.78 is 1.64. The molecule has 1 saturated heterocycles. The van der Waals surface area contributed by atoms with Gasteiger partial charge in [-0.2, -0.15) is 0 Å². The first-order valence-electron chi connectivity index (χ1n) is 8.70. The minimum absolute atomic E-state index is 0.0399. The summed E-state index contributed by atoms with van der Waals surface area (Å²) in [5.41, 5.74) is 2.96. The molecule has 4 rings (SSSR count). The Morgan fingerprint density at radius 3 is 2.68 bits per heavy atom. The van der Waals surface area contributed by atoms with E-state index < -0.39 is 0 Å². The van der Waals surface area contributed by atoms with Crippen LogP contribution in [0, 0.1) is 12.8 Å². The fourth-order valence-electron chi connectivity index (χ4n) is 3.61. The van der Waals surface area contributed by atoms with E-state index in [2.05, 4.69) is 17.9 Å². The highest BCUT2D eigenvalue weighted by molar-refractivity contribution is 6.32. The number of pyridine rings is 1. The molecule has 0 bridgehead atoms. The first-order valence-corrected chi connectivity index (χ1v) is 9.07. The Morgan fingerprint density at radius 2 is 1.96 bits per heavy atom. The maximum absolute atomic E-state index is 12.9. The van der Waals surface area contributed by atoms with Gasteiger partial charge in [0, 0.05) is 30.4 Å². The third-order valence-electron chi connectivity index (χ3n) is 5.04. The van der Waals surface area contributed by atoms with Crippen LogP contribution in [0.2, 0.25) is 5.02 Å². The maximum atomic E-state index is 12.9. The Labute approximate surface area is 152 Å². The van der Waals surface area contributed by atoms with Crippen molar-refractivity contribution in [3.8, 4) is 5.69 Å². The van der Waals surface area contributed by atoms with Crippen molar-refractivity contribution in [1.82, 2.24) is 4.57 Å². The summed E-state index contributed by atoms with van der Waals surface area (Å²) in [5.74, 6) is 0.713. The Morgan fingerprint density at radius 1 is 1.12 bits per heavy atom. The van der Waals surface area contributed by atoms with Crippen LogP contribution in [0.3, 0.4) is 0 Å². The van der Waals surface area contributed by atoms with Crippen molar-refractivity contribution in [2.75, 3.05) is 18.0 Å². The summed E-state index contributed by atoms with van der Waals surface area (Å²) in [6.45, 7) is 6.42. The van der Waals surface area contributed by atoms with Crippen molar-refractivity contribution >= 4 is 28.1 Å². The summed E-state index contributed by atoms with van der Waals surface area (Å²) in [6.07, 6.45) is 3.02. The minimum Gasteiger partial charge on any atom is -0.371 e. The van der Waals surface area contributed by atoms with Crippen LogP contribution in [0.1, 0.15) is 18.9 Å². The lowest BCUT2D eigenvalue weighted by Crippen LogP contribution is -2.20. The number of fused-ring (bicyclic) bond motifs is 1. The standard InChI is InChI=1S/C21H21ClN2O/c1-14-3-5-18-16(11-14)8-10-24(21(18)25)20-6-4-17(12-19(20)22)23-9-7-15(2)13-23/h3-6,8,10-12,15H,7,9,13H2,1-2H3. The van der Waals surface area contributed by atoms with E-state index >= 15 is 0 Å². The van der Waals surface area contributed by atoms with Gasteiger partial charge in [0.25, 0.3) is 5.56 Å². The second kappa shape index (κ2) is 6.23. The molecule has 1 atom stereocenters. The predicted octanol–water partition coefficient (Wildman–Crippen LogP) is 4.80. The minimum atomic E-state index is -0.0399. The van der Waals surface area contributed by atoms with Gasteiger partial charge in [-0.05, 0) is 55.0 Å². The average Bonchev–Trinajstić information content (AvgIpc) is 3.02. The van der Waals surface area contributed by atoms with Gasteiger partial charge in [0.1, 0.15) is 0 Å². The average molecular weight is 353 g/mol. The molecule has 3 aromatic rings. The molecule has 1 aliphatic heterocycles. The zero-order valence-electron chi connectivity index (χ0n) is 14.5. The quantitative estimate of drug-likeness (QED) is 0.662. The van der Waals surface area contributed by atoms with Crippen LogP contribution < -0.4 is 10.5 Å². The molecule has 3 nitrogen and oxygen atoms in total. The number of hydrogen-bond donors (Lipinski definition) is 0. The third-order valence-corrected chi connectivity index (χ3v) is 5.34. The Hall–Kier alpha value is -2.26. The van der Waals surface area contributed by atoms with Crippen molar-refractivity contribution in [2.45, 2.75) is 20.3 Å². The second-order valence-corrected chi connectivity index (χ2v) is 7.46. The van der Waals surface area contributed by atoms with Gasteiger partial charge in [-0.15, -0.1) is 0 Å². The highest BCUT2D eigenvalue weighted by Gasteiger charge is 2.19. The van der Waals surface area contributed by atoms with Crippen LogP contribution in [-0.4, -0.2) is 17.7 Å². The molecule has 1 unspecified atom stereocenters. The molecule has 0 saturated carbocycles. The van der Waals surface area contributed by atoms with Crippen molar-refractivity contribution in [1.29, 1.82) is 0 Å². The van der Waals surface area contributed by atoms with E-state index in [1.165, 1.54) is 6.42 Å². The molecule has 2 heterocycles. The number of benzene rings is 2. The molecule has 128 valence electrons. The topological polar surface area (TPSA) is 25.2 Å². The summed E-state index contributed by atoms with van der Waals surface area (Å²) in [7, 11) is 0. The number of rotatable bonds is 2. The molecule has 1 aliphatic rings. The van der Waals surface area contributed by atoms with Crippen molar-refractivity contribution in [3.05, 3.63) is 69.6 Å². The zero-order valence-corrected chi connectivity index (χ0v) is 15.3. The van der Waals surface area contributed by atoms with Gasteiger partial charge in [0.15, 0.2) is 0 Å². The zero-order chi connectivity index (χ0) is 17.6. The molecular weight excluding hydrogens is 332 g/mol. The summed E-state index contributed by atoms with van der Waals surface area (Å²) in [6, 6.07) is 13.8. The lowest BCUT2D eigenvalue weighted by atomic mass is 10.1. The number of aromatic nitrogens is 1. The van der Waals surface area contributed by atoms with Gasteiger partial charge in [-0.25, -0.2) is 0 Å². The number of aryl methyl sites for hydroxylation is 1. The molecule has 25 heavy (non-hydrogen) atoms. The molecule has 1 fully saturated rings. The third kappa shape index (κ3) is 2.93. The van der Waals surface area contributed by atoms with Crippen LogP contribution in [-0.2, 0) is 0 Å². The summed E-state index contributed by atoms with van der Waals surface area (Å²) in [5, 5.41) is 2.27. The fourth-order valence-corrected chi connectivity index (χ4v) is 3.88. The van der Waals surface area contributed by atoms with E-state index in [9.17, 15) is 4.79 Å². The van der Waals surface area contributed by atoms with Crippen molar-refractivity contribution < 1.29 is 0 Å². The monoisotopic (exact) mass is 352 g/mol. The highest BCUT2D eigenvalue weighted by atomic mass is 35.5. The van der Waals surface area contributed by atoms with E-state index in [4.69, 9.17) is 11.6 Å². The molecular formula is C21H21ClN2O. The number of halogens is 1. The maximum Gasteiger partial charge on any atom is 0.262 e. The van der Waals surface area contributed by atoms with Gasteiger partial charge in [-0.1, -0.05) is 36.2 Å². The molecule has 0 aliphatic carbocycles. The van der Waals surface area contributed by atoms with E-state index in [0.29, 0.717) is 16.3 Å². The van der Waals surface area contributed by atoms with E-state index in [0.717, 1.165) is 35.4 Å². The first kappa shape index (κ1) is 16.2. The molecule has 4 heteroatoms. The Bertz CT molecular complexity index is 1010. The van der Waals surface area contributed by atoms with E-state index in [1.54, 1.807) is 4.57 Å². The number of hydrogen-bond acceptors (Lipinski definition) is 2. The normalized spacial score (nSPS) is 17.4. The molecule has 2 aromatic carbocycles. The van der Waals surface area contributed by atoms with Crippen LogP contribution in [0.15, 0.2) is 53.5 Å². The number of anilines is 1. The van der Waals surface area contributed by atoms with Crippen molar-refractivity contribution in [3.63, 3.8) is 0 Å². The fraction of sp³-hybridized carbons (Fsp3) is 0.286. The highest BCUT2D eigenvalue weighted by Crippen LogP contribution is 2.29. The summed E-state index contributed by atoms with van der Waals surface area (Å²) >= 11 is 6.54. The Kier molecular flexibility index (Phi) is 4.04. The Balaban J connectivity index is 1.77. The molecule has 0 radical (unpaired) electrons. The van der Waals surface area contributed by atoms with Crippen LogP contribution in [0.25, 0.3) is 16.5 Å². The molecule has 0 spiro atoms. The van der Waals surface area contributed by atoms with Gasteiger partial charge < -0.3 is 4.90 Å². The lowest BCUT2D eigenvalue weighted by molar-refractivity contribution is 0.659.